The number of nitrogens with two attached hydrogens (primary N) is 1. The van der Waals surface area contributed by atoms with Gasteiger partial charge < -0.3 is 16.0 Å². The number of aromatic amines is 1. The van der Waals surface area contributed by atoms with Gasteiger partial charge in [0.25, 0.3) is 0 Å². The van der Waals surface area contributed by atoms with Gasteiger partial charge in [-0.15, -0.1) is 0 Å². The molecular weight excluding hydrogens is 202 g/mol. The lowest BCUT2D eigenvalue weighted by Crippen LogP contribution is -2.22. The molecule has 1 aromatic carbocycles. The number of imidazole rings is 1. The first-order valence-corrected chi connectivity index (χ1v) is 4.95. The van der Waals surface area contributed by atoms with Crippen LogP contribution in [0.4, 0.5) is 5.69 Å². The first kappa shape index (κ1) is 10.2. The van der Waals surface area contributed by atoms with Crippen LogP contribution in [0.1, 0.15) is 5.82 Å². The largest absolute Gasteiger partial charge is 0.370 e. The Morgan fingerprint density at radius 1 is 1.38 bits per heavy atom. The van der Waals surface area contributed by atoms with Crippen molar-refractivity contribution in [3.63, 3.8) is 0 Å². The SMILES string of the molecule is NC(=NCc1ncc[nH]1)Nc1ccccc1. The molecule has 0 aliphatic heterocycles. The molecule has 2 rings (SSSR count). The Bertz CT molecular complexity index is 446. The maximum atomic E-state index is 5.72. The van der Waals surface area contributed by atoms with Gasteiger partial charge in [-0.3, -0.25) is 0 Å². The lowest BCUT2D eigenvalue weighted by atomic mass is 10.3. The zero-order valence-corrected chi connectivity index (χ0v) is 8.72. The van der Waals surface area contributed by atoms with Crippen LogP contribution in [0.15, 0.2) is 47.7 Å². The molecule has 0 radical (unpaired) electrons. The molecule has 0 spiro atoms. The Hall–Kier alpha value is -2.30. The monoisotopic (exact) mass is 215 g/mol. The van der Waals surface area contributed by atoms with Gasteiger partial charge in [0.1, 0.15) is 12.4 Å². The summed E-state index contributed by atoms with van der Waals surface area (Å²) in [6.07, 6.45) is 3.44. The van der Waals surface area contributed by atoms with Gasteiger partial charge in [-0.05, 0) is 12.1 Å². The topological polar surface area (TPSA) is 79.1 Å². The van der Waals surface area contributed by atoms with Crippen molar-refractivity contribution in [3.8, 4) is 0 Å². The summed E-state index contributed by atoms with van der Waals surface area (Å²) in [5, 5.41) is 2.99. The van der Waals surface area contributed by atoms with Crippen LogP contribution >= 0.6 is 0 Å². The summed E-state index contributed by atoms with van der Waals surface area (Å²) in [6.45, 7) is 0.443. The van der Waals surface area contributed by atoms with Crippen molar-refractivity contribution in [3.05, 3.63) is 48.5 Å². The van der Waals surface area contributed by atoms with E-state index in [1.54, 1.807) is 12.4 Å². The highest BCUT2D eigenvalue weighted by Crippen LogP contribution is 2.04. The summed E-state index contributed by atoms with van der Waals surface area (Å²) in [5.41, 5.74) is 6.64. The first-order chi connectivity index (χ1) is 7.84. The molecule has 82 valence electrons. The van der Waals surface area contributed by atoms with E-state index in [-0.39, 0.29) is 0 Å². The van der Waals surface area contributed by atoms with Gasteiger partial charge in [0.05, 0.1) is 0 Å². The minimum atomic E-state index is 0.377. The van der Waals surface area contributed by atoms with Crippen LogP contribution in [0.5, 0.6) is 0 Å². The van der Waals surface area contributed by atoms with E-state index in [9.17, 15) is 0 Å². The number of para-hydroxylation sites is 1. The number of nitrogens with zero attached hydrogens (tertiary/aromatic N) is 2. The molecule has 0 saturated carbocycles. The standard InChI is InChI=1S/C11H13N5/c12-11(15-8-10-13-6-7-14-10)16-9-4-2-1-3-5-9/h1-7H,8H2,(H,13,14)(H3,12,15,16). The fraction of sp³-hybridized carbons (Fsp3) is 0.0909. The molecule has 2 aromatic rings. The Labute approximate surface area is 93.4 Å². The third-order valence-corrected chi connectivity index (χ3v) is 2.00. The molecule has 1 heterocycles. The Morgan fingerprint density at radius 3 is 2.88 bits per heavy atom. The predicted octanol–water partition coefficient (Wildman–Crippen LogP) is 1.34. The number of guanidine groups is 1. The molecule has 0 fully saturated rings. The van der Waals surface area contributed by atoms with Crippen LogP contribution < -0.4 is 11.1 Å². The normalized spacial score (nSPS) is 11.4. The fourth-order valence-electron chi connectivity index (χ4n) is 1.25. The van der Waals surface area contributed by atoms with E-state index in [1.165, 1.54) is 0 Å². The Kier molecular flexibility index (Phi) is 3.18. The van der Waals surface area contributed by atoms with Crippen LogP contribution in [-0.4, -0.2) is 15.9 Å². The molecule has 0 atom stereocenters. The molecule has 5 heteroatoms. The molecule has 0 unspecified atom stereocenters. The predicted molar refractivity (Wildman–Crippen MR) is 64.0 cm³/mol. The second kappa shape index (κ2) is 4.97. The minimum absolute atomic E-state index is 0.377. The van der Waals surface area contributed by atoms with Gasteiger partial charge in [-0.25, -0.2) is 9.98 Å². The highest BCUT2D eigenvalue weighted by Gasteiger charge is 1.95. The van der Waals surface area contributed by atoms with Crippen LogP contribution in [0.25, 0.3) is 0 Å². The van der Waals surface area contributed by atoms with E-state index in [4.69, 9.17) is 5.73 Å². The Morgan fingerprint density at radius 2 is 2.19 bits per heavy atom. The summed E-state index contributed by atoms with van der Waals surface area (Å²) in [5.74, 6) is 1.17. The van der Waals surface area contributed by atoms with E-state index >= 15 is 0 Å². The van der Waals surface area contributed by atoms with Crippen molar-refractivity contribution in [1.82, 2.24) is 9.97 Å². The van der Waals surface area contributed by atoms with Crippen molar-refractivity contribution < 1.29 is 0 Å². The van der Waals surface area contributed by atoms with Gasteiger partial charge in [0.2, 0.25) is 0 Å². The van der Waals surface area contributed by atoms with Gasteiger partial charge in [-0.2, -0.15) is 0 Å². The smallest absolute Gasteiger partial charge is 0.193 e. The lowest BCUT2D eigenvalue weighted by Gasteiger charge is -2.04. The molecular formula is C11H13N5. The van der Waals surface area contributed by atoms with Crippen molar-refractivity contribution >= 4 is 11.6 Å². The molecule has 5 nitrogen and oxygen atoms in total. The molecule has 16 heavy (non-hydrogen) atoms. The molecule has 4 N–H and O–H groups in total. The summed E-state index contributed by atoms with van der Waals surface area (Å²) >= 11 is 0. The zero-order valence-electron chi connectivity index (χ0n) is 8.72. The molecule has 0 aliphatic carbocycles. The van der Waals surface area contributed by atoms with Crippen molar-refractivity contribution in [2.75, 3.05) is 5.32 Å². The van der Waals surface area contributed by atoms with Crippen LogP contribution in [-0.2, 0) is 6.54 Å². The molecule has 0 aliphatic rings. The summed E-state index contributed by atoms with van der Waals surface area (Å²) in [7, 11) is 0. The average molecular weight is 215 g/mol. The maximum absolute atomic E-state index is 5.72. The van der Waals surface area contributed by atoms with Crippen LogP contribution in [0.3, 0.4) is 0 Å². The molecule has 0 amide bonds. The van der Waals surface area contributed by atoms with Gasteiger partial charge in [0, 0.05) is 18.1 Å². The zero-order chi connectivity index (χ0) is 11.2. The number of anilines is 1. The Balaban J connectivity index is 1.93. The summed E-state index contributed by atoms with van der Waals surface area (Å²) < 4.78 is 0. The van der Waals surface area contributed by atoms with E-state index < -0.39 is 0 Å². The van der Waals surface area contributed by atoms with Gasteiger partial charge >= 0.3 is 0 Å². The van der Waals surface area contributed by atoms with Crippen LogP contribution in [0.2, 0.25) is 0 Å². The van der Waals surface area contributed by atoms with E-state index in [1.807, 2.05) is 30.3 Å². The number of rotatable bonds is 3. The highest BCUT2D eigenvalue weighted by atomic mass is 15.1. The van der Waals surface area contributed by atoms with E-state index in [0.717, 1.165) is 11.5 Å². The maximum Gasteiger partial charge on any atom is 0.193 e. The number of benzene rings is 1. The lowest BCUT2D eigenvalue weighted by molar-refractivity contribution is 0.946. The average Bonchev–Trinajstić information content (AvgIpc) is 2.81. The van der Waals surface area contributed by atoms with Gasteiger partial charge in [-0.1, -0.05) is 18.2 Å². The second-order valence-electron chi connectivity index (χ2n) is 3.23. The number of H-pyrrole nitrogens is 1. The summed E-state index contributed by atoms with van der Waals surface area (Å²) in [4.78, 5) is 11.2. The van der Waals surface area contributed by atoms with Crippen LogP contribution in [0, 0.1) is 0 Å². The third-order valence-electron chi connectivity index (χ3n) is 2.00. The van der Waals surface area contributed by atoms with Crippen molar-refractivity contribution in [2.45, 2.75) is 6.54 Å². The first-order valence-electron chi connectivity index (χ1n) is 4.95. The molecule has 0 bridgehead atoms. The quantitative estimate of drug-likeness (QED) is 0.534. The highest BCUT2D eigenvalue weighted by molar-refractivity contribution is 5.92. The number of aliphatic imine (C=N–C) groups is 1. The van der Waals surface area contributed by atoms with Crippen molar-refractivity contribution in [1.29, 1.82) is 0 Å². The van der Waals surface area contributed by atoms with E-state index in [2.05, 4.69) is 20.3 Å². The number of aromatic nitrogens is 2. The number of hydrogen-bond acceptors (Lipinski definition) is 2. The summed E-state index contributed by atoms with van der Waals surface area (Å²) in [6, 6.07) is 9.66. The number of nitrogens with one attached hydrogen (secondary N) is 2. The van der Waals surface area contributed by atoms with Gasteiger partial charge in [0.15, 0.2) is 5.96 Å². The van der Waals surface area contributed by atoms with E-state index in [0.29, 0.717) is 12.5 Å². The van der Waals surface area contributed by atoms with Crippen molar-refractivity contribution in [2.24, 2.45) is 10.7 Å². The second-order valence-corrected chi connectivity index (χ2v) is 3.23. The fourth-order valence-corrected chi connectivity index (χ4v) is 1.25. The minimum Gasteiger partial charge on any atom is -0.370 e. The number of hydrogen-bond donors (Lipinski definition) is 3. The third kappa shape index (κ3) is 2.84. The molecule has 0 saturated heterocycles. The molecule has 1 aromatic heterocycles.